The minimum absolute atomic E-state index is 0.00732. The van der Waals surface area contributed by atoms with Crippen molar-refractivity contribution in [1.29, 1.82) is 0 Å². The minimum atomic E-state index is -4.67. The topological polar surface area (TPSA) is 118 Å². The third-order valence-corrected chi connectivity index (χ3v) is 5.22. The highest BCUT2D eigenvalue weighted by atomic mass is 35.5. The van der Waals surface area contributed by atoms with E-state index in [2.05, 4.69) is 30.9 Å². The summed E-state index contributed by atoms with van der Waals surface area (Å²) in [6.07, 6.45) is 1.16. The lowest BCUT2D eigenvalue weighted by Gasteiger charge is -2.15. The fourth-order valence-corrected chi connectivity index (χ4v) is 3.28. The number of hydrogen-bond donors (Lipinski definition) is 3. The third kappa shape index (κ3) is 8.92. The van der Waals surface area contributed by atoms with E-state index in [4.69, 9.17) is 16.3 Å². The van der Waals surface area contributed by atoms with Gasteiger partial charge in [0.15, 0.2) is 0 Å². The number of carbonyl (C=O) groups excluding carboxylic acids is 2. The average molecular weight is 555 g/mol. The number of pyridine rings is 1. The zero-order chi connectivity index (χ0) is 27.5. The molecular weight excluding hydrogens is 532 g/mol. The predicted molar refractivity (Wildman–Crippen MR) is 130 cm³/mol. The normalized spacial score (nSPS) is 11.2. The molecule has 202 valence electrons. The SMILES string of the molecule is O=C(CCOCCCNC(=O)c1cncnc1)NCc1ncc(Nc2ccc(Cl)cc2C(F)(F)F)cc1F. The molecule has 0 spiro atoms. The number of nitrogens with one attached hydrogen (secondary N) is 3. The Balaban J connectivity index is 1.36. The number of carbonyl (C=O) groups is 2. The van der Waals surface area contributed by atoms with Crippen LogP contribution in [-0.4, -0.2) is 46.5 Å². The molecule has 0 radical (unpaired) electrons. The van der Waals surface area contributed by atoms with E-state index in [1.54, 1.807) is 0 Å². The molecule has 0 aliphatic rings. The van der Waals surface area contributed by atoms with Gasteiger partial charge in [-0.05, 0) is 24.6 Å². The summed E-state index contributed by atoms with van der Waals surface area (Å²) in [4.78, 5) is 35.2. The lowest BCUT2D eigenvalue weighted by atomic mass is 10.1. The zero-order valence-electron chi connectivity index (χ0n) is 19.8. The summed E-state index contributed by atoms with van der Waals surface area (Å²) in [5.41, 5.74) is -1.06. The number of alkyl halides is 3. The number of rotatable bonds is 12. The zero-order valence-corrected chi connectivity index (χ0v) is 20.6. The van der Waals surface area contributed by atoms with E-state index in [0.29, 0.717) is 25.1 Å². The molecule has 14 heteroatoms. The van der Waals surface area contributed by atoms with Gasteiger partial charge in [0, 0.05) is 43.1 Å². The highest BCUT2D eigenvalue weighted by molar-refractivity contribution is 6.30. The van der Waals surface area contributed by atoms with E-state index in [0.717, 1.165) is 24.4 Å². The number of anilines is 2. The Bertz CT molecular complexity index is 1250. The second-order valence-electron chi connectivity index (χ2n) is 7.84. The Morgan fingerprint density at radius 1 is 1.03 bits per heavy atom. The van der Waals surface area contributed by atoms with E-state index in [1.807, 2.05) is 0 Å². The number of aromatic nitrogens is 3. The van der Waals surface area contributed by atoms with Gasteiger partial charge >= 0.3 is 6.18 Å². The molecular formula is C24H23ClF4N6O3. The van der Waals surface area contributed by atoms with Gasteiger partial charge in [-0.2, -0.15) is 13.2 Å². The van der Waals surface area contributed by atoms with Gasteiger partial charge in [-0.3, -0.25) is 14.6 Å². The van der Waals surface area contributed by atoms with Gasteiger partial charge in [0.2, 0.25) is 5.91 Å². The van der Waals surface area contributed by atoms with Crippen LogP contribution in [0.2, 0.25) is 5.02 Å². The van der Waals surface area contributed by atoms with Crippen LogP contribution in [0.3, 0.4) is 0 Å². The molecule has 2 heterocycles. The van der Waals surface area contributed by atoms with Crippen LogP contribution in [0, 0.1) is 5.82 Å². The van der Waals surface area contributed by atoms with E-state index in [-0.39, 0.29) is 47.6 Å². The summed E-state index contributed by atoms with van der Waals surface area (Å²) in [5, 5.41) is 7.59. The Morgan fingerprint density at radius 3 is 2.50 bits per heavy atom. The quantitative estimate of drug-likeness (QED) is 0.226. The maximum Gasteiger partial charge on any atom is 0.418 e. The van der Waals surface area contributed by atoms with Gasteiger partial charge in [-0.25, -0.2) is 14.4 Å². The lowest BCUT2D eigenvalue weighted by Crippen LogP contribution is -2.26. The van der Waals surface area contributed by atoms with E-state index < -0.39 is 23.5 Å². The molecule has 0 bridgehead atoms. The number of amides is 2. The van der Waals surface area contributed by atoms with Crippen molar-refractivity contribution in [2.24, 2.45) is 0 Å². The van der Waals surface area contributed by atoms with E-state index in [9.17, 15) is 27.2 Å². The molecule has 9 nitrogen and oxygen atoms in total. The Morgan fingerprint density at radius 2 is 1.79 bits per heavy atom. The molecule has 0 saturated heterocycles. The Hall–Kier alpha value is -3.84. The van der Waals surface area contributed by atoms with Crippen LogP contribution in [0.1, 0.15) is 34.5 Å². The molecule has 0 aliphatic carbocycles. The highest BCUT2D eigenvalue weighted by Crippen LogP contribution is 2.37. The fraction of sp³-hybridized carbons (Fsp3) is 0.292. The number of hydrogen-bond acceptors (Lipinski definition) is 7. The molecule has 0 unspecified atom stereocenters. The van der Waals surface area contributed by atoms with E-state index >= 15 is 0 Å². The number of nitrogens with zero attached hydrogens (tertiary/aromatic N) is 3. The van der Waals surface area contributed by atoms with Crippen LogP contribution in [0.15, 0.2) is 49.2 Å². The summed E-state index contributed by atoms with van der Waals surface area (Å²) in [7, 11) is 0. The summed E-state index contributed by atoms with van der Waals surface area (Å²) in [6.45, 7) is 0.584. The van der Waals surface area contributed by atoms with Crippen LogP contribution >= 0.6 is 11.6 Å². The van der Waals surface area contributed by atoms with Crippen molar-refractivity contribution in [2.75, 3.05) is 25.1 Å². The van der Waals surface area contributed by atoms with Gasteiger partial charge in [-0.15, -0.1) is 0 Å². The molecule has 3 N–H and O–H groups in total. The molecule has 0 fully saturated rings. The fourth-order valence-electron chi connectivity index (χ4n) is 3.11. The maximum absolute atomic E-state index is 14.4. The van der Waals surface area contributed by atoms with Crippen LogP contribution in [0.4, 0.5) is 28.9 Å². The number of benzene rings is 1. The summed E-state index contributed by atoms with van der Waals surface area (Å²) < 4.78 is 59.5. The van der Waals surface area contributed by atoms with Crippen LogP contribution < -0.4 is 16.0 Å². The molecule has 3 rings (SSSR count). The van der Waals surface area contributed by atoms with Crippen molar-refractivity contribution in [3.05, 3.63) is 76.8 Å². The first-order chi connectivity index (χ1) is 18.1. The van der Waals surface area contributed by atoms with Crippen LogP contribution in [-0.2, 0) is 22.3 Å². The number of ether oxygens (including phenoxy) is 1. The molecule has 3 aromatic rings. The predicted octanol–water partition coefficient (Wildman–Crippen LogP) is 4.27. The smallest absolute Gasteiger partial charge is 0.381 e. The van der Waals surface area contributed by atoms with Crippen molar-refractivity contribution in [3.63, 3.8) is 0 Å². The average Bonchev–Trinajstić information content (AvgIpc) is 2.88. The summed E-state index contributed by atoms with van der Waals surface area (Å²) in [6, 6.07) is 4.16. The highest BCUT2D eigenvalue weighted by Gasteiger charge is 2.34. The van der Waals surface area contributed by atoms with Gasteiger partial charge in [0.25, 0.3) is 5.91 Å². The monoisotopic (exact) mass is 554 g/mol. The first kappa shape index (κ1) is 28.7. The molecule has 2 amide bonds. The molecule has 0 aliphatic heterocycles. The first-order valence-electron chi connectivity index (χ1n) is 11.3. The van der Waals surface area contributed by atoms with Crippen molar-refractivity contribution in [2.45, 2.75) is 25.6 Å². The van der Waals surface area contributed by atoms with Crippen molar-refractivity contribution >= 4 is 34.8 Å². The first-order valence-corrected chi connectivity index (χ1v) is 11.7. The Labute approximate surface area is 220 Å². The van der Waals surface area contributed by atoms with Crippen molar-refractivity contribution in [1.82, 2.24) is 25.6 Å². The van der Waals surface area contributed by atoms with Crippen molar-refractivity contribution < 1.29 is 31.9 Å². The van der Waals surface area contributed by atoms with E-state index in [1.165, 1.54) is 24.8 Å². The molecule has 0 saturated carbocycles. The second-order valence-corrected chi connectivity index (χ2v) is 8.28. The van der Waals surface area contributed by atoms with Gasteiger partial charge < -0.3 is 20.7 Å². The van der Waals surface area contributed by atoms with Crippen molar-refractivity contribution in [3.8, 4) is 0 Å². The van der Waals surface area contributed by atoms with Gasteiger partial charge in [0.1, 0.15) is 12.1 Å². The van der Waals surface area contributed by atoms with Crippen LogP contribution in [0.25, 0.3) is 0 Å². The minimum Gasteiger partial charge on any atom is -0.381 e. The maximum atomic E-state index is 14.4. The summed E-state index contributed by atoms with van der Waals surface area (Å²) >= 11 is 5.66. The number of halogens is 5. The largest absolute Gasteiger partial charge is 0.418 e. The van der Waals surface area contributed by atoms with Crippen LogP contribution in [0.5, 0.6) is 0 Å². The molecule has 2 aromatic heterocycles. The Kier molecular flexibility index (Phi) is 10.3. The van der Waals surface area contributed by atoms with Gasteiger partial charge in [0.05, 0.1) is 47.5 Å². The standard InChI is InChI=1S/C24H23ClF4N6O3/c25-16-2-3-20(18(8-16)24(27,28)29)35-17-9-19(26)21(33-12-17)13-34-22(36)4-7-38-6-1-5-32-23(37)15-10-30-14-31-11-15/h2-3,8-12,14,35H,1,4-7,13H2,(H,32,37)(H,34,36). The van der Waals surface area contributed by atoms with Gasteiger partial charge in [-0.1, -0.05) is 11.6 Å². The molecule has 0 atom stereocenters. The summed E-state index contributed by atoms with van der Waals surface area (Å²) in [5.74, 6) is -1.51. The third-order valence-electron chi connectivity index (χ3n) is 4.98. The second kappa shape index (κ2) is 13.6. The molecule has 1 aromatic carbocycles. The lowest BCUT2D eigenvalue weighted by molar-refractivity contribution is -0.137. The molecule has 38 heavy (non-hydrogen) atoms.